The summed E-state index contributed by atoms with van der Waals surface area (Å²) in [6, 6.07) is 11.0. The molecule has 2 heterocycles. The highest BCUT2D eigenvalue weighted by Crippen LogP contribution is 2.28. The molecule has 0 unspecified atom stereocenters. The second kappa shape index (κ2) is 7.23. The smallest absolute Gasteiger partial charge is 0.269 e. The van der Waals surface area contributed by atoms with Gasteiger partial charge in [0.15, 0.2) is 0 Å². The van der Waals surface area contributed by atoms with Gasteiger partial charge in [0.05, 0.1) is 6.61 Å². The van der Waals surface area contributed by atoms with E-state index in [-0.39, 0.29) is 17.5 Å². The van der Waals surface area contributed by atoms with Crippen LogP contribution in [0.4, 0.5) is 5.69 Å². The second-order valence-electron chi connectivity index (χ2n) is 5.51. The van der Waals surface area contributed by atoms with Crippen molar-refractivity contribution in [3.05, 3.63) is 59.4 Å². The third kappa shape index (κ3) is 3.28. The van der Waals surface area contributed by atoms with Crippen LogP contribution in [0.5, 0.6) is 0 Å². The molecular formula is C18H19N3O3. The Morgan fingerprint density at radius 2 is 2.12 bits per heavy atom. The van der Waals surface area contributed by atoms with E-state index in [9.17, 15) is 9.59 Å². The van der Waals surface area contributed by atoms with Crippen LogP contribution in [0.15, 0.2) is 42.6 Å². The molecule has 6 nitrogen and oxygen atoms in total. The van der Waals surface area contributed by atoms with Crippen molar-refractivity contribution in [2.24, 2.45) is 0 Å². The Labute approximate surface area is 140 Å². The number of hydrogen-bond donors (Lipinski definition) is 1. The summed E-state index contributed by atoms with van der Waals surface area (Å²) in [5.41, 5.74) is 2.78. The maximum absolute atomic E-state index is 12.8. The summed E-state index contributed by atoms with van der Waals surface area (Å²) in [5, 5.41) is 2.70. The van der Waals surface area contributed by atoms with E-state index >= 15 is 0 Å². The Balaban J connectivity index is 1.77. The highest BCUT2D eigenvalue weighted by atomic mass is 16.5. The van der Waals surface area contributed by atoms with E-state index in [4.69, 9.17) is 4.74 Å². The van der Waals surface area contributed by atoms with Crippen LogP contribution in [0.25, 0.3) is 0 Å². The SMILES string of the molecule is COCCNC(=O)c1cc(C(=O)N2CCc3ccccc32)ccn1. The van der Waals surface area contributed by atoms with E-state index in [1.165, 1.54) is 12.3 Å². The largest absolute Gasteiger partial charge is 0.383 e. The van der Waals surface area contributed by atoms with Crippen LogP contribution in [-0.4, -0.2) is 43.6 Å². The minimum absolute atomic E-state index is 0.117. The minimum Gasteiger partial charge on any atom is -0.383 e. The zero-order valence-corrected chi connectivity index (χ0v) is 13.5. The van der Waals surface area contributed by atoms with Gasteiger partial charge in [-0.3, -0.25) is 14.6 Å². The molecule has 0 spiro atoms. The van der Waals surface area contributed by atoms with E-state index < -0.39 is 0 Å². The lowest BCUT2D eigenvalue weighted by Crippen LogP contribution is -2.30. The Kier molecular flexibility index (Phi) is 4.86. The number of fused-ring (bicyclic) bond motifs is 1. The van der Waals surface area contributed by atoms with E-state index in [2.05, 4.69) is 10.3 Å². The van der Waals surface area contributed by atoms with Gasteiger partial charge in [0.25, 0.3) is 11.8 Å². The van der Waals surface area contributed by atoms with E-state index in [1.54, 1.807) is 18.1 Å². The second-order valence-corrected chi connectivity index (χ2v) is 5.51. The first kappa shape index (κ1) is 16.1. The summed E-state index contributed by atoms with van der Waals surface area (Å²) in [7, 11) is 1.57. The zero-order chi connectivity index (χ0) is 16.9. The number of pyridine rings is 1. The molecule has 6 heteroatoms. The summed E-state index contributed by atoms with van der Waals surface area (Å²) >= 11 is 0. The fraction of sp³-hybridized carbons (Fsp3) is 0.278. The van der Waals surface area contributed by atoms with Crippen molar-refractivity contribution < 1.29 is 14.3 Å². The standard InChI is InChI=1S/C18H19N3O3/c1-24-11-9-20-17(22)15-12-14(6-8-19-15)18(23)21-10-7-13-4-2-3-5-16(13)21/h2-6,8,12H,7,9-11H2,1H3,(H,20,22). The molecule has 0 radical (unpaired) electrons. The van der Waals surface area contributed by atoms with Gasteiger partial charge in [0.2, 0.25) is 0 Å². The van der Waals surface area contributed by atoms with Gasteiger partial charge < -0.3 is 15.0 Å². The minimum atomic E-state index is -0.316. The highest BCUT2D eigenvalue weighted by Gasteiger charge is 2.25. The van der Waals surface area contributed by atoms with Crippen molar-refractivity contribution >= 4 is 17.5 Å². The predicted molar refractivity (Wildman–Crippen MR) is 90.3 cm³/mol. The van der Waals surface area contributed by atoms with Gasteiger partial charge in [-0.1, -0.05) is 18.2 Å². The van der Waals surface area contributed by atoms with Gasteiger partial charge in [-0.05, 0) is 30.2 Å². The molecule has 2 aromatic rings. The van der Waals surface area contributed by atoms with Gasteiger partial charge >= 0.3 is 0 Å². The normalized spacial score (nSPS) is 12.8. The fourth-order valence-electron chi connectivity index (χ4n) is 2.75. The lowest BCUT2D eigenvalue weighted by molar-refractivity contribution is 0.0932. The number of anilines is 1. The first-order chi connectivity index (χ1) is 11.7. The summed E-state index contributed by atoms with van der Waals surface area (Å²) in [4.78, 5) is 30.6. The van der Waals surface area contributed by atoms with Crippen molar-refractivity contribution in [2.75, 3.05) is 31.7 Å². The highest BCUT2D eigenvalue weighted by molar-refractivity contribution is 6.08. The van der Waals surface area contributed by atoms with Crippen molar-refractivity contribution in [1.82, 2.24) is 10.3 Å². The van der Waals surface area contributed by atoms with Gasteiger partial charge in [-0.15, -0.1) is 0 Å². The zero-order valence-electron chi connectivity index (χ0n) is 13.5. The molecule has 1 N–H and O–H groups in total. The molecule has 1 aliphatic rings. The van der Waals surface area contributed by atoms with Crippen molar-refractivity contribution in [3.8, 4) is 0 Å². The topological polar surface area (TPSA) is 71.5 Å². The first-order valence-electron chi connectivity index (χ1n) is 7.83. The van der Waals surface area contributed by atoms with Crippen molar-refractivity contribution in [3.63, 3.8) is 0 Å². The van der Waals surface area contributed by atoms with Crippen molar-refractivity contribution in [2.45, 2.75) is 6.42 Å². The number of para-hydroxylation sites is 1. The molecule has 0 aliphatic carbocycles. The number of hydrogen-bond acceptors (Lipinski definition) is 4. The molecule has 1 aromatic heterocycles. The molecule has 2 amide bonds. The molecule has 1 aromatic carbocycles. The maximum atomic E-state index is 12.8. The Morgan fingerprint density at radius 1 is 1.29 bits per heavy atom. The van der Waals surface area contributed by atoms with E-state index in [0.717, 1.165) is 17.7 Å². The number of benzene rings is 1. The molecule has 0 atom stereocenters. The third-order valence-corrected chi connectivity index (χ3v) is 3.96. The van der Waals surface area contributed by atoms with Gasteiger partial charge in [0.1, 0.15) is 5.69 Å². The van der Waals surface area contributed by atoms with Crippen LogP contribution in [0, 0.1) is 0 Å². The number of methoxy groups -OCH3 is 1. The molecule has 0 saturated heterocycles. The maximum Gasteiger partial charge on any atom is 0.269 e. The first-order valence-corrected chi connectivity index (χ1v) is 7.83. The van der Waals surface area contributed by atoms with Crippen LogP contribution in [0.3, 0.4) is 0 Å². The number of ether oxygens (including phenoxy) is 1. The van der Waals surface area contributed by atoms with E-state index in [0.29, 0.717) is 25.3 Å². The Hall–Kier alpha value is -2.73. The predicted octanol–water partition coefficient (Wildman–Crippen LogP) is 1.66. The molecule has 1 aliphatic heterocycles. The Bertz CT molecular complexity index is 761. The Morgan fingerprint density at radius 3 is 2.96 bits per heavy atom. The quantitative estimate of drug-likeness (QED) is 0.849. The average molecular weight is 325 g/mol. The number of carbonyl (C=O) groups is 2. The van der Waals surface area contributed by atoms with Crippen LogP contribution in [0.2, 0.25) is 0 Å². The number of rotatable bonds is 5. The molecule has 24 heavy (non-hydrogen) atoms. The van der Waals surface area contributed by atoms with Crippen LogP contribution >= 0.6 is 0 Å². The monoisotopic (exact) mass is 325 g/mol. The lowest BCUT2D eigenvalue weighted by Gasteiger charge is -2.17. The fourth-order valence-corrected chi connectivity index (χ4v) is 2.75. The molecule has 124 valence electrons. The number of nitrogens with one attached hydrogen (secondary N) is 1. The van der Waals surface area contributed by atoms with Crippen LogP contribution < -0.4 is 10.2 Å². The summed E-state index contributed by atoms with van der Waals surface area (Å²) in [6.45, 7) is 1.47. The lowest BCUT2D eigenvalue weighted by atomic mass is 10.1. The molecule has 0 saturated carbocycles. The number of carbonyl (C=O) groups excluding carboxylic acids is 2. The number of aromatic nitrogens is 1. The third-order valence-electron chi connectivity index (χ3n) is 3.96. The van der Waals surface area contributed by atoms with Crippen LogP contribution in [-0.2, 0) is 11.2 Å². The average Bonchev–Trinajstić information content (AvgIpc) is 3.05. The summed E-state index contributed by atoms with van der Waals surface area (Å²) in [5.74, 6) is -0.434. The summed E-state index contributed by atoms with van der Waals surface area (Å²) in [6.07, 6.45) is 2.33. The molecule has 3 rings (SSSR count). The van der Waals surface area contributed by atoms with Crippen molar-refractivity contribution in [1.29, 1.82) is 0 Å². The van der Waals surface area contributed by atoms with Gasteiger partial charge in [-0.25, -0.2) is 0 Å². The number of nitrogens with zero attached hydrogens (tertiary/aromatic N) is 2. The molecular weight excluding hydrogens is 306 g/mol. The molecule has 0 bridgehead atoms. The van der Waals surface area contributed by atoms with Crippen LogP contribution in [0.1, 0.15) is 26.4 Å². The van der Waals surface area contributed by atoms with Gasteiger partial charge in [0, 0.05) is 37.6 Å². The number of amides is 2. The van der Waals surface area contributed by atoms with E-state index in [1.807, 2.05) is 24.3 Å². The molecule has 0 fully saturated rings. The summed E-state index contributed by atoms with van der Waals surface area (Å²) < 4.78 is 4.89. The van der Waals surface area contributed by atoms with Gasteiger partial charge in [-0.2, -0.15) is 0 Å².